The summed E-state index contributed by atoms with van der Waals surface area (Å²) in [5, 5.41) is 20.3. The Morgan fingerprint density at radius 2 is 2.21 bits per heavy atom. The molecule has 4 heteroatoms. The van der Waals surface area contributed by atoms with Crippen molar-refractivity contribution in [3.05, 3.63) is 12.2 Å². The molecule has 2 aliphatic carbocycles. The standard InChI is InChI=1S/C15H22O4/c1-8-3-4-11-12(8)13-10(9(2)14(17)19-13)5-6-15(11,18)7-16/h9-13,16,18H,1,3-7H2,2H3/t9-,10-,11+,12-,13-,15-/m0/s1. The van der Waals surface area contributed by atoms with Gasteiger partial charge in [0, 0.05) is 17.8 Å². The summed E-state index contributed by atoms with van der Waals surface area (Å²) in [5.74, 6) is -0.102. The molecule has 1 aliphatic heterocycles. The van der Waals surface area contributed by atoms with Crippen LogP contribution in [0.1, 0.15) is 32.6 Å². The van der Waals surface area contributed by atoms with Gasteiger partial charge in [-0.1, -0.05) is 19.1 Å². The van der Waals surface area contributed by atoms with E-state index in [4.69, 9.17) is 4.74 Å². The molecule has 0 aromatic carbocycles. The van der Waals surface area contributed by atoms with Crippen LogP contribution in [0.5, 0.6) is 0 Å². The quantitative estimate of drug-likeness (QED) is 0.554. The summed E-state index contributed by atoms with van der Waals surface area (Å²) in [6, 6.07) is 0. The van der Waals surface area contributed by atoms with Crippen LogP contribution in [0.25, 0.3) is 0 Å². The average molecular weight is 266 g/mol. The molecule has 0 unspecified atom stereocenters. The molecule has 0 radical (unpaired) electrons. The summed E-state index contributed by atoms with van der Waals surface area (Å²) in [7, 11) is 0. The van der Waals surface area contributed by atoms with Crippen LogP contribution in [0.15, 0.2) is 12.2 Å². The molecule has 3 fully saturated rings. The molecule has 2 N–H and O–H groups in total. The summed E-state index contributed by atoms with van der Waals surface area (Å²) in [6.45, 7) is 5.79. The number of fused-ring (bicyclic) bond motifs is 3. The second kappa shape index (κ2) is 4.32. The molecule has 19 heavy (non-hydrogen) atoms. The molecule has 3 aliphatic rings. The van der Waals surface area contributed by atoms with Crippen LogP contribution >= 0.6 is 0 Å². The monoisotopic (exact) mass is 266 g/mol. The summed E-state index contributed by atoms with van der Waals surface area (Å²) >= 11 is 0. The van der Waals surface area contributed by atoms with Crippen LogP contribution in [-0.2, 0) is 9.53 Å². The first-order chi connectivity index (χ1) is 8.98. The highest BCUT2D eigenvalue weighted by molar-refractivity contribution is 5.75. The number of rotatable bonds is 1. The van der Waals surface area contributed by atoms with Crippen molar-refractivity contribution >= 4 is 5.97 Å². The van der Waals surface area contributed by atoms with Crippen LogP contribution in [0.2, 0.25) is 0 Å². The predicted molar refractivity (Wildman–Crippen MR) is 69.2 cm³/mol. The van der Waals surface area contributed by atoms with E-state index < -0.39 is 5.60 Å². The maximum atomic E-state index is 11.8. The number of carbonyl (C=O) groups excluding carboxylic acids is 1. The number of aliphatic hydroxyl groups excluding tert-OH is 1. The molecule has 1 heterocycles. The third-order valence-corrected chi connectivity index (χ3v) is 5.60. The van der Waals surface area contributed by atoms with Gasteiger partial charge >= 0.3 is 5.97 Å². The first kappa shape index (κ1) is 13.1. The van der Waals surface area contributed by atoms with Gasteiger partial charge in [0.2, 0.25) is 0 Å². The Hall–Kier alpha value is -0.870. The van der Waals surface area contributed by atoms with Crippen molar-refractivity contribution in [1.29, 1.82) is 0 Å². The van der Waals surface area contributed by atoms with Crippen LogP contribution in [-0.4, -0.2) is 34.5 Å². The Balaban J connectivity index is 1.99. The summed E-state index contributed by atoms with van der Waals surface area (Å²) in [6.07, 6.45) is 2.81. The zero-order valence-electron chi connectivity index (χ0n) is 11.3. The third kappa shape index (κ3) is 1.77. The fourth-order valence-corrected chi connectivity index (χ4v) is 4.38. The van der Waals surface area contributed by atoms with Gasteiger partial charge in [0.15, 0.2) is 0 Å². The molecule has 106 valence electrons. The molecule has 4 nitrogen and oxygen atoms in total. The van der Waals surface area contributed by atoms with Crippen molar-refractivity contribution in [3.63, 3.8) is 0 Å². The fourth-order valence-electron chi connectivity index (χ4n) is 4.38. The minimum absolute atomic E-state index is 0.0125. The lowest BCUT2D eigenvalue weighted by molar-refractivity contribution is -0.147. The molecule has 0 bridgehead atoms. The van der Waals surface area contributed by atoms with Crippen molar-refractivity contribution in [2.24, 2.45) is 23.7 Å². The van der Waals surface area contributed by atoms with E-state index in [-0.39, 0.29) is 42.4 Å². The fraction of sp³-hybridized carbons (Fsp3) is 0.800. The van der Waals surface area contributed by atoms with Gasteiger partial charge in [0.25, 0.3) is 0 Å². The first-order valence-electron chi connectivity index (χ1n) is 7.19. The van der Waals surface area contributed by atoms with E-state index in [0.717, 1.165) is 24.8 Å². The lowest BCUT2D eigenvalue weighted by Crippen LogP contribution is -2.44. The molecule has 6 atom stereocenters. The van der Waals surface area contributed by atoms with Gasteiger partial charge in [-0.3, -0.25) is 4.79 Å². The summed E-state index contributed by atoms with van der Waals surface area (Å²) in [5.41, 5.74) is 0.0243. The molecule has 3 rings (SSSR count). The largest absolute Gasteiger partial charge is 0.461 e. The number of carbonyl (C=O) groups is 1. The van der Waals surface area contributed by atoms with E-state index in [1.807, 2.05) is 6.92 Å². The Labute approximate surface area is 113 Å². The van der Waals surface area contributed by atoms with E-state index >= 15 is 0 Å². The molecule has 1 saturated heterocycles. The Morgan fingerprint density at radius 3 is 2.89 bits per heavy atom. The van der Waals surface area contributed by atoms with Gasteiger partial charge in [-0.2, -0.15) is 0 Å². The number of ether oxygens (including phenoxy) is 1. The Bertz CT molecular complexity index is 418. The van der Waals surface area contributed by atoms with Crippen molar-refractivity contribution < 1.29 is 19.7 Å². The topological polar surface area (TPSA) is 66.8 Å². The number of esters is 1. The van der Waals surface area contributed by atoms with E-state index in [0.29, 0.717) is 6.42 Å². The summed E-state index contributed by atoms with van der Waals surface area (Å²) in [4.78, 5) is 11.8. The highest BCUT2D eigenvalue weighted by Crippen LogP contribution is 2.53. The predicted octanol–water partition coefficient (Wildman–Crippen LogP) is 1.26. The minimum atomic E-state index is -1.04. The minimum Gasteiger partial charge on any atom is -0.461 e. The van der Waals surface area contributed by atoms with Gasteiger partial charge in [0.1, 0.15) is 6.10 Å². The van der Waals surface area contributed by atoms with E-state index in [2.05, 4.69) is 6.58 Å². The maximum Gasteiger partial charge on any atom is 0.309 e. The van der Waals surface area contributed by atoms with Crippen LogP contribution < -0.4 is 0 Å². The molecular weight excluding hydrogens is 244 g/mol. The second-order valence-electron chi connectivity index (χ2n) is 6.48. The lowest BCUT2D eigenvalue weighted by Gasteiger charge is -2.35. The number of hydrogen-bond acceptors (Lipinski definition) is 4. The highest BCUT2D eigenvalue weighted by Gasteiger charge is 2.57. The summed E-state index contributed by atoms with van der Waals surface area (Å²) < 4.78 is 5.59. The molecule has 2 saturated carbocycles. The van der Waals surface area contributed by atoms with Gasteiger partial charge in [-0.05, 0) is 25.7 Å². The van der Waals surface area contributed by atoms with Crippen LogP contribution in [0.4, 0.5) is 0 Å². The van der Waals surface area contributed by atoms with E-state index in [9.17, 15) is 15.0 Å². The Kier molecular flexibility index (Phi) is 2.98. The van der Waals surface area contributed by atoms with E-state index in [1.54, 1.807) is 0 Å². The maximum absolute atomic E-state index is 11.8. The SMILES string of the molecule is C=C1CC[C@@H]2[C@H]1[C@H]1OC(=O)[C@@H](C)[C@@H]1CC[C@]2(O)CO. The van der Waals surface area contributed by atoms with Crippen molar-refractivity contribution in [3.8, 4) is 0 Å². The normalized spacial score (nSPS) is 49.5. The molecule has 0 aromatic heterocycles. The Morgan fingerprint density at radius 1 is 1.47 bits per heavy atom. The second-order valence-corrected chi connectivity index (χ2v) is 6.48. The first-order valence-corrected chi connectivity index (χ1v) is 7.19. The van der Waals surface area contributed by atoms with Gasteiger partial charge in [0.05, 0.1) is 18.1 Å². The third-order valence-electron chi connectivity index (χ3n) is 5.60. The van der Waals surface area contributed by atoms with Crippen molar-refractivity contribution in [1.82, 2.24) is 0 Å². The molecule has 0 spiro atoms. The average Bonchev–Trinajstić information content (AvgIpc) is 2.86. The van der Waals surface area contributed by atoms with Gasteiger partial charge in [-0.25, -0.2) is 0 Å². The van der Waals surface area contributed by atoms with Crippen LogP contribution in [0, 0.1) is 23.7 Å². The van der Waals surface area contributed by atoms with Crippen molar-refractivity contribution in [2.45, 2.75) is 44.3 Å². The lowest BCUT2D eigenvalue weighted by atomic mass is 9.77. The smallest absolute Gasteiger partial charge is 0.309 e. The zero-order chi connectivity index (χ0) is 13.8. The van der Waals surface area contributed by atoms with Crippen molar-refractivity contribution in [2.75, 3.05) is 6.61 Å². The van der Waals surface area contributed by atoms with E-state index in [1.165, 1.54) is 0 Å². The van der Waals surface area contributed by atoms with Gasteiger partial charge in [-0.15, -0.1) is 0 Å². The van der Waals surface area contributed by atoms with Crippen LogP contribution in [0.3, 0.4) is 0 Å². The molecular formula is C15H22O4. The number of hydrogen-bond donors (Lipinski definition) is 2. The number of aliphatic hydroxyl groups is 2. The highest BCUT2D eigenvalue weighted by atomic mass is 16.6. The molecule has 0 aromatic rings. The van der Waals surface area contributed by atoms with Gasteiger partial charge < -0.3 is 14.9 Å². The molecule has 0 amide bonds. The zero-order valence-corrected chi connectivity index (χ0v) is 11.3.